The van der Waals surface area contributed by atoms with Crippen molar-refractivity contribution < 1.29 is 9.53 Å². The third-order valence-corrected chi connectivity index (χ3v) is 6.48. The third kappa shape index (κ3) is 5.35. The van der Waals surface area contributed by atoms with Gasteiger partial charge in [0.15, 0.2) is 0 Å². The van der Waals surface area contributed by atoms with E-state index >= 15 is 0 Å². The number of benzene rings is 3. The van der Waals surface area contributed by atoms with Gasteiger partial charge in [-0.25, -0.2) is 4.79 Å². The topological polar surface area (TPSA) is 41.6 Å². The van der Waals surface area contributed by atoms with Crippen molar-refractivity contribution in [2.24, 2.45) is 0 Å². The molecule has 0 spiro atoms. The Morgan fingerprint density at radius 3 is 2.24 bits per heavy atom. The molecule has 0 heterocycles. The van der Waals surface area contributed by atoms with E-state index in [-0.39, 0.29) is 12.1 Å². The zero-order valence-electron chi connectivity index (χ0n) is 19.6. The van der Waals surface area contributed by atoms with Gasteiger partial charge in [0.25, 0.3) is 0 Å². The average molecular weight is 441 g/mol. The van der Waals surface area contributed by atoms with Gasteiger partial charge in [0, 0.05) is 25.6 Å². The predicted molar refractivity (Wildman–Crippen MR) is 135 cm³/mol. The van der Waals surface area contributed by atoms with E-state index in [4.69, 9.17) is 4.74 Å². The second kappa shape index (κ2) is 10.5. The number of fused-ring (bicyclic) bond motifs is 2. The summed E-state index contributed by atoms with van der Waals surface area (Å²) in [6.07, 6.45) is 5.94. The average Bonchev–Trinajstić information content (AvgIpc) is 3.01. The molecule has 1 amide bonds. The Kier molecular flexibility index (Phi) is 7.26. The number of ether oxygens (including phenoxy) is 1. The number of nitrogens with zero attached hydrogens (tertiary/aromatic N) is 1. The second-order valence-corrected chi connectivity index (χ2v) is 8.66. The second-order valence-electron chi connectivity index (χ2n) is 8.66. The van der Waals surface area contributed by atoms with Crippen LogP contribution in [0.2, 0.25) is 0 Å². The van der Waals surface area contributed by atoms with Crippen LogP contribution in [0, 0.1) is 0 Å². The van der Waals surface area contributed by atoms with Gasteiger partial charge < -0.3 is 15.0 Å². The molecule has 0 unspecified atom stereocenters. The molecule has 1 N–H and O–H groups in total. The summed E-state index contributed by atoms with van der Waals surface area (Å²) in [6, 6.07) is 25.1. The highest BCUT2D eigenvalue weighted by Crippen LogP contribution is 2.37. The molecule has 3 aromatic rings. The largest absolute Gasteiger partial charge is 0.414 e. The third-order valence-electron chi connectivity index (χ3n) is 6.48. The molecule has 4 rings (SSSR count). The first-order valence-electron chi connectivity index (χ1n) is 11.6. The van der Waals surface area contributed by atoms with Crippen molar-refractivity contribution in [2.75, 3.05) is 20.6 Å². The molecule has 1 aliphatic rings. The summed E-state index contributed by atoms with van der Waals surface area (Å²) in [7, 11) is 3.72. The van der Waals surface area contributed by atoms with E-state index in [2.05, 4.69) is 72.9 Å². The van der Waals surface area contributed by atoms with Crippen molar-refractivity contribution in [3.63, 3.8) is 0 Å². The Hall–Kier alpha value is -3.37. The molecule has 4 nitrogen and oxygen atoms in total. The molecule has 1 atom stereocenters. The van der Waals surface area contributed by atoms with Crippen LogP contribution in [0.5, 0.6) is 5.75 Å². The molecular formula is C29H32N2O2. The van der Waals surface area contributed by atoms with E-state index in [1.807, 2.05) is 31.3 Å². The van der Waals surface area contributed by atoms with Gasteiger partial charge in [-0.3, -0.25) is 0 Å². The number of nitrogens with one attached hydrogen (secondary N) is 1. The lowest BCUT2D eigenvalue weighted by molar-refractivity contribution is 0.162. The Morgan fingerprint density at radius 1 is 0.970 bits per heavy atom. The van der Waals surface area contributed by atoms with Gasteiger partial charge in [-0.1, -0.05) is 72.8 Å². The highest BCUT2D eigenvalue weighted by Gasteiger charge is 2.21. The van der Waals surface area contributed by atoms with E-state index in [0.717, 1.165) is 18.4 Å². The summed E-state index contributed by atoms with van der Waals surface area (Å²) in [4.78, 5) is 14.3. The lowest BCUT2D eigenvalue weighted by Gasteiger charge is -2.22. The van der Waals surface area contributed by atoms with Gasteiger partial charge in [0.1, 0.15) is 5.75 Å². The minimum atomic E-state index is -0.326. The number of carbonyl (C=O) groups is 1. The number of hydrogen-bond donors (Lipinski definition) is 1. The maximum absolute atomic E-state index is 12.7. The predicted octanol–water partition coefficient (Wildman–Crippen LogP) is 6.49. The fourth-order valence-electron chi connectivity index (χ4n) is 4.43. The van der Waals surface area contributed by atoms with E-state index in [0.29, 0.717) is 18.2 Å². The summed E-state index contributed by atoms with van der Waals surface area (Å²) >= 11 is 0. The highest BCUT2D eigenvalue weighted by molar-refractivity contribution is 5.76. The number of carbonyl (C=O) groups excluding carboxylic acids is 1. The van der Waals surface area contributed by atoms with Gasteiger partial charge in [-0.05, 0) is 66.8 Å². The van der Waals surface area contributed by atoms with Crippen LogP contribution in [0.15, 0.2) is 72.8 Å². The first kappa shape index (κ1) is 22.8. The molecule has 170 valence electrons. The van der Waals surface area contributed by atoms with Crippen molar-refractivity contribution in [2.45, 2.75) is 31.7 Å². The first-order valence-corrected chi connectivity index (χ1v) is 11.6. The molecule has 0 fully saturated rings. The summed E-state index contributed by atoms with van der Waals surface area (Å²) < 4.78 is 5.64. The SMILES string of the molecule is CN[C@@H](C)c1cccc(OC(=O)N(C)CCCC2c3ccccc3C=Cc3ccccc32)c1. The lowest BCUT2D eigenvalue weighted by atomic mass is 9.84. The first-order chi connectivity index (χ1) is 16.1. The van der Waals surface area contributed by atoms with Crippen molar-refractivity contribution in [1.29, 1.82) is 0 Å². The van der Waals surface area contributed by atoms with E-state index in [1.165, 1.54) is 22.3 Å². The van der Waals surface area contributed by atoms with E-state index in [9.17, 15) is 4.79 Å². The minimum absolute atomic E-state index is 0.196. The monoisotopic (exact) mass is 440 g/mol. The Bertz CT molecular complexity index is 1090. The Morgan fingerprint density at radius 2 is 1.61 bits per heavy atom. The Balaban J connectivity index is 1.40. The molecule has 1 aliphatic carbocycles. The van der Waals surface area contributed by atoms with Gasteiger partial charge >= 0.3 is 6.09 Å². The highest BCUT2D eigenvalue weighted by atomic mass is 16.6. The lowest BCUT2D eigenvalue weighted by Crippen LogP contribution is -2.30. The normalized spacial score (nSPS) is 13.5. The molecule has 0 aliphatic heterocycles. The maximum atomic E-state index is 12.7. The standard InChI is InChI=1S/C29H32N2O2/c1-21(30-2)24-12-8-13-25(20-24)33-29(32)31(3)19-9-16-28-26-14-6-4-10-22(26)17-18-23-11-5-7-15-27(23)28/h4-8,10-15,17-18,20-21,28,30H,9,16,19H2,1-3H3/t21-/m0/s1. The van der Waals surface area contributed by atoms with Gasteiger partial charge in [-0.15, -0.1) is 0 Å². The molecular weight excluding hydrogens is 408 g/mol. The van der Waals surface area contributed by atoms with E-state index in [1.54, 1.807) is 11.9 Å². The van der Waals surface area contributed by atoms with Crippen LogP contribution < -0.4 is 10.1 Å². The molecule has 0 saturated heterocycles. The molecule has 0 aromatic heterocycles. The van der Waals surface area contributed by atoms with E-state index < -0.39 is 0 Å². The van der Waals surface area contributed by atoms with Crippen molar-refractivity contribution in [1.82, 2.24) is 10.2 Å². The van der Waals surface area contributed by atoms with Crippen LogP contribution in [0.4, 0.5) is 4.79 Å². The van der Waals surface area contributed by atoms with Crippen LogP contribution >= 0.6 is 0 Å². The Labute approximate surface area is 196 Å². The van der Waals surface area contributed by atoms with Crippen LogP contribution in [0.3, 0.4) is 0 Å². The summed E-state index contributed by atoms with van der Waals surface area (Å²) in [5, 5.41) is 3.21. The molecule has 0 saturated carbocycles. The zero-order chi connectivity index (χ0) is 23.2. The van der Waals surface area contributed by atoms with Crippen LogP contribution in [0.1, 0.15) is 59.5 Å². The van der Waals surface area contributed by atoms with Crippen LogP contribution in [0.25, 0.3) is 12.2 Å². The molecule has 3 aromatic carbocycles. The van der Waals surface area contributed by atoms with Crippen LogP contribution in [-0.2, 0) is 0 Å². The summed E-state index contributed by atoms with van der Waals surface area (Å²) in [5.41, 5.74) is 6.31. The van der Waals surface area contributed by atoms with Crippen molar-refractivity contribution >= 4 is 18.2 Å². The molecule has 0 radical (unpaired) electrons. The zero-order valence-corrected chi connectivity index (χ0v) is 19.6. The number of hydrogen-bond acceptors (Lipinski definition) is 3. The molecule has 33 heavy (non-hydrogen) atoms. The maximum Gasteiger partial charge on any atom is 0.414 e. The molecule has 0 bridgehead atoms. The smallest absolute Gasteiger partial charge is 0.410 e. The van der Waals surface area contributed by atoms with Crippen LogP contribution in [-0.4, -0.2) is 31.6 Å². The summed E-state index contributed by atoms with van der Waals surface area (Å²) in [5.74, 6) is 0.876. The molecule has 4 heteroatoms. The minimum Gasteiger partial charge on any atom is -0.410 e. The quantitative estimate of drug-likeness (QED) is 0.456. The van der Waals surface area contributed by atoms with Gasteiger partial charge in [0.2, 0.25) is 0 Å². The fourth-order valence-corrected chi connectivity index (χ4v) is 4.43. The number of rotatable bonds is 7. The van der Waals surface area contributed by atoms with Gasteiger partial charge in [0.05, 0.1) is 0 Å². The number of amides is 1. The van der Waals surface area contributed by atoms with Gasteiger partial charge in [-0.2, -0.15) is 0 Å². The summed E-state index contributed by atoms with van der Waals surface area (Å²) in [6.45, 7) is 2.71. The van der Waals surface area contributed by atoms with Crippen molar-refractivity contribution in [3.8, 4) is 5.75 Å². The fraction of sp³-hybridized carbons (Fsp3) is 0.276. The van der Waals surface area contributed by atoms with Crippen molar-refractivity contribution in [3.05, 3.63) is 101 Å².